The number of aromatic nitrogens is 1. The highest BCUT2D eigenvalue weighted by molar-refractivity contribution is 7.87. The largest absolute Gasteiger partial charge is 0.508 e. The van der Waals surface area contributed by atoms with Gasteiger partial charge in [0.15, 0.2) is 0 Å². The number of thiazole rings is 1. The summed E-state index contributed by atoms with van der Waals surface area (Å²) in [4.78, 5) is 17.2. The monoisotopic (exact) mass is 665 g/mol. The van der Waals surface area contributed by atoms with Crippen molar-refractivity contribution in [3.63, 3.8) is 0 Å². The fourth-order valence-electron chi connectivity index (χ4n) is 5.73. The Hall–Kier alpha value is -2.17. The Balaban J connectivity index is 1.13. The van der Waals surface area contributed by atoms with Crippen molar-refractivity contribution in [2.75, 3.05) is 19.8 Å². The van der Waals surface area contributed by atoms with Gasteiger partial charge in [-0.15, -0.1) is 0 Å². The lowest BCUT2D eigenvalue weighted by atomic mass is 9.97. The molecule has 8 nitrogen and oxygen atoms in total. The zero-order chi connectivity index (χ0) is 32.2. The molecule has 1 aromatic heterocycles. The average molecular weight is 666 g/mol. The number of nitrogens with zero attached hydrogens (tertiary/aromatic N) is 1. The van der Waals surface area contributed by atoms with E-state index in [1.807, 2.05) is 0 Å². The molecule has 1 fully saturated rings. The van der Waals surface area contributed by atoms with E-state index < -0.39 is 16.3 Å². The first-order valence-corrected chi connectivity index (χ1v) is 19.5. The fourth-order valence-corrected chi connectivity index (χ4v) is 7.84. The minimum atomic E-state index is -3.92. The molecule has 0 radical (unpaired) electrons. The van der Waals surface area contributed by atoms with Crippen molar-refractivity contribution in [2.24, 2.45) is 5.92 Å². The lowest BCUT2D eigenvalue weighted by molar-refractivity contribution is 0.00725. The number of unbranched alkanes of at least 4 members (excludes halogenated alkanes) is 13. The second-order valence-electron chi connectivity index (χ2n) is 12.4. The molecule has 0 spiro atoms. The van der Waals surface area contributed by atoms with Crippen molar-refractivity contribution in [3.8, 4) is 5.19 Å². The number of carbonyl (C=O) groups is 1. The predicted molar refractivity (Wildman–Crippen MR) is 180 cm³/mol. The first-order valence-electron chi connectivity index (χ1n) is 17.2. The number of carbonyl (C=O) groups excluding carboxylic acids is 1. The number of hydrogen-bond acceptors (Lipinski definition) is 9. The van der Waals surface area contributed by atoms with Crippen LogP contribution in [-0.2, 0) is 30.7 Å². The Morgan fingerprint density at radius 1 is 0.911 bits per heavy atom. The van der Waals surface area contributed by atoms with Crippen LogP contribution in [0.15, 0.2) is 35.4 Å². The topological polar surface area (TPSA) is 101 Å². The maximum Gasteiger partial charge on any atom is 0.508 e. The van der Waals surface area contributed by atoms with E-state index >= 15 is 0 Å². The molecule has 0 saturated carbocycles. The molecule has 45 heavy (non-hydrogen) atoms. The minimum absolute atomic E-state index is 0.0279. The number of hydrogen-bond donors (Lipinski definition) is 0. The van der Waals surface area contributed by atoms with Gasteiger partial charge in [-0.2, -0.15) is 8.42 Å². The van der Waals surface area contributed by atoms with Crippen LogP contribution in [-0.4, -0.2) is 45.5 Å². The van der Waals surface area contributed by atoms with Crippen LogP contribution in [0.4, 0.5) is 4.79 Å². The molecule has 2 unspecified atom stereocenters. The van der Waals surface area contributed by atoms with Gasteiger partial charge >= 0.3 is 16.3 Å². The lowest BCUT2D eigenvalue weighted by Crippen LogP contribution is -2.19. The molecule has 0 aliphatic carbocycles. The van der Waals surface area contributed by atoms with Crippen LogP contribution in [0.25, 0.3) is 0 Å². The Morgan fingerprint density at radius 2 is 1.58 bits per heavy atom. The summed E-state index contributed by atoms with van der Waals surface area (Å²) >= 11 is 1.23. The molecular weight excluding hydrogens is 611 g/mol. The Bertz CT molecular complexity index is 1200. The van der Waals surface area contributed by atoms with Gasteiger partial charge in [-0.25, -0.2) is 9.78 Å². The second-order valence-corrected chi connectivity index (χ2v) is 14.9. The standard InChI is InChI=1S/C35H55NO7S2/c1-3-4-5-6-7-8-9-10-11-12-13-15-21-30-25-31(41-27-30)28-42-35(37)40-24-19-14-16-22-32-26-36-34(44-32)43-45(38,39)33-23-18-17-20-29(33)2/h17-18,20,23,26,30-31H,3-16,19,21-22,24-25,27-28H2,1-2H3. The van der Waals surface area contributed by atoms with Crippen molar-refractivity contribution < 1.29 is 31.6 Å². The molecule has 3 rings (SSSR count). The summed E-state index contributed by atoms with van der Waals surface area (Å²) in [6.07, 6.45) is 22.7. The SMILES string of the molecule is CCCCCCCCCCCCCCC1COC(COC(=O)OCCCCCc2cnc(OS(=O)(=O)c3ccccc3C)s2)C1. The van der Waals surface area contributed by atoms with Gasteiger partial charge < -0.3 is 18.4 Å². The summed E-state index contributed by atoms with van der Waals surface area (Å²) in [7, 11) is -3.92. The number of rotatable bonds is 24. The van der Waals surface area contributed by atoms with E-state index in [2.05, 4.69) is 11.9 Å². The van der Waals surface area contributed by atoms with E-state index in [4.69, 9.17) is 18.4 Å². The minimum Gasteiger partial charge on any atom is -0.434 e. The van der Waals surface area contributed by atoms with Crippen LogP contribution >= 0.6 is 11.3 Å². The predicted octanol–water partition coefficient (Wildman–Crippen LogP) is 9.58. The molecule has 1 aliphatic heterocycles. The van der Waals surface area contributed by atoms with E-state index in [0.29, 0.717) is 18.1 Å². The first kappa shape index (κ1) is 37.3. The summed E-state index contributed by atoms with van der Waals surface area (Å²) in [5, 5.41) is 0.112. The van der Waals surface area contributed by atoms with Crippen molar-refractivity contribution in [1.82, 2.24) is 4.98 Å². The maximum absolute atomic E-state index is 12.6. The van der Waals surface area contributed by atoms with Gasteiger partial charge in [0, 0.05) is 11.1 Å². The maximum atomic E-state index is 12.6. The average Bonchev–Trinajstić information content (AvgIpc) is 3.67. The fraction of sp³-hybridized carbons (Fsp3) is 0.714. The highest BCUT2D eigenvalue weighted by Gasteiger charge is 2.26. The molecular formula is C35H55NO7S2. The summed E-state index contributed by atoms with van der Waals surface area (Å²) in [5.41, 5.74) is 0.626. The van der Waals surface area contributed by atoms with E-state index in [0.717, 1.165) is 43.6 Å². The smallest absolute Gasteiger partial charge is 0.434 e. The highest BCUT2D eigenvalue weighted by Crippen LogP contribution is 2.27. The van der Waals surface area contributed by atoms with Gasteiger partial charge in [-0.3, -0.25) is 0 Å². The lowest BCUT2D eigenvalue weighted by Gasteiger charge is -2.11. The summed E-state index contributed by atoms with van der Waals surface area (Å²) in [6, 6.07) is 6.70. The third-order valence-corrected chi connectivity index (χ3v) is 10.8. The van der Waals surface area contributed by atoms with Crippen molar-refractivity contribution in [1.29, 1.82) is 0 Å². The molecule has 254 valence electrons. The quantitative estimate of drug-likeness (QED) is 0.0621. The van der Waals surface area contributed by atoms with Crippen LogP contribution in [0, 0.1) is 12.8 Å². The van der Waals surface area contributed by atoms with Gasteiger partial charge in [-0.1, -0.05) is 114 Å². The zero-order valence-corrected chi connectivity index (χ0v) is 29.1. The van der Waals surface area contributed by atoms with E-state index in [-0.39, 0.29) is 22.8 Å². The molecule has 2 heterocycles. The van der Waals surface area contributed by atoms with E-state index in [9.17, 15) is 13.2 Å². The molecule has 2 aromatic rings. The van der Waals surface area contributed by atoms with Crippen LogP contribution in [0.2, 0.25) is 0 Å². The summed E-state index contributed by atoms with van der Waals surface area (Å²) in [5.74, 6) is 0.566. The van der Waals surface area contributed by atoms with E-state index in [1.165, 1.54) is 101 Å². The number of aryl methyl sites for hydroxylation is 2. The van der Waals surface area contributed by atoms with Crippen LogP contribution in [0.3, 0.4) is 0 Å². The number of benzene rings is 1. The molecule has 10 heteroatoms. The van der Waals surface area contributed by atoms with Crippen LogP contribution in [0.1, 0.15) is 127 Å². The summed E-state index contributed by atoms with van der Waals surface area (Å²) < 4.78 is 46.7. The molecule has 0 N–H and O–H groups in total. The number of ether oxygens (including phenoxy) is 3. The van der Waals surface area contributed by atoms with Crippen molar-refractivity contribution >= 4 is 27.6 Å². The van der Waals surface area contributed by atoms with E-state index in [1.54, 1.807) is 31.3 Å². The summed E-state index contributed by atoms with van der Waals surface area (Å²) in [6.45, 7) is 5.32. The molecule has 0 amide bonds. The van der Waals surface area contributed by atoms with Crippen molar-refractivity contribution in [2.45, 2.75) is 140 Å². The molecule has 0 bridgehead atoms. The van der Waals surface area contributed by atoms with Gasteiger partial charge in [-0.05, 0) is 63.0 Å². The van der Waals surface area contributed by atoms with Crippen LogP contribution < -0.4 is 4.18 Å². The third kappa shape index (κ3) is 15.3. The van der Waals surface area contributed by atoms with Crippen molar-refractivity contribution in [3.05, 3.63) is 40.9 Å². The molecule has 1 aromatic carbocycles. The third-order valence-electron chi connectivity index (χ3n) is 8.38. The van der Waals surface area contributed by atoms with Gasteiger partial charge in [0.2, 0.25) is 0 Å². The molecule has 2 atom stereocenters. The normalized spacial score (nSPS) is 16.6. The Morgan fingerprint density at radius 3 is 2.29 bits per heavy atom. The van der Waals surface area contributed by atoms with Gasteiger partial charge in [0.25, 0.3) is 5.19 Å². The Kier molecular flexibility index (Phi) is 17.9. The molecule has 1 saturated heterocycles. The Labute approximate surface area is 275 Å². The zero-order valence-electron chi connectivity index (χ0n) is 27.5. The van der Waals surface area contributed by atoms with Gasteiger partial charge in [0.05, 0.1) is 19.3 Å². The van der Waals surface area contributed by atoms with Gasteiger partial charge in [0.1, 0.15) is 11.5 Å². The second kappa shape index (κ2) is 21.6. The first-order chi connectivity index (χ1) is 21.9. The molecule has 1 aliphatic rings. The van der Waals surface area contributed by atoms with Crippen LogP contribution in [0.5, 0.6) is 5.19 Å². The highest BCUT2D eigenvalue weighted by atomic mass is 32.2.